The maximum atomic E-state index is 12.5. The minimum absolute atomic E-state index is 0.0938. The summed E-state index contributed by atoms with van der Waals surface area (Å²) < 4.78 is 5.98. The predicted molar refractivity (Wildman–Crippen MR) is 87.4 cm³/mol. The van der Waals surface area contributed by atoms with Gasteiger partial charge in [-0.25, -0.2) is 0 Å². The van der Waals surface area contributed by atoms with Gasteiger partial charge in [0.15, 0.2) is 0 Å². The van der Waals surface area contributed by atoms with Crippen LogP contribution < -0.4 is 10.1 Å². The molecule has 1 aliphatic heterocycles. The van der Waals surface area contributed by atoms with Gasteiger partial charge in [0.2, 0.25) is 0 Å². The Balaban J connectivity index is 1.89. The molecule has 0 spiro atoms. The molecular formula is C18H18ClNO2. The van der Waals surface area contributed by atoms with E-state index >= 15 is 0 Å². The number of fused-ring (bicyclic) bond motifs is 1. The van der Waals surface area contributed by atoms with Crippen molar-refractivity contribution in [3.63, 3.8) is 0 Å². The van der Waals surface area contributed by atoms with Gasteiger partial charge in [-0.3, -0.25) is 4.79 Å². The molecule has 0 saturated carbocycles. The highest BCUT2D eigenvalue weighted by Gasteiger charge is 2.34. The molecule has 1 atom stereocenters. The maximum absolute atomic E-state index is 12.5. The molecule has 0 aliphatic carbocycles. The Labute approximate surface area is 135 Å². The van der Waals surface area contributed by atoms with Crippen LogP contribution in [0.25, 0.3) is 0 Å². The SMILES string of the molecule is CC1(C)C[C@H](NC(=O)c2ccccc2Cl)c2ccccc2O1. The number of nitrogens with one attached hydrogen (secondary N) is 1. The predicted octanol–water partition coefficient (Wildman–Crippen LogP) is 4.37. The molecule has 0 aromatic heterocycles. The monoisotopic (exact) mass is 315 g/mol. The number of ether oxygens (including phenoxy) is 1. The zero-order valence-electron chi connectivity index (χ0n) is 12.6. The smallest absolute Gasteiger partial charge is 0.253 e. The van der Waals surface area contributed by atoms with Crippen molar-refractivity contribution in [1.82, 2.24) is 5.32 Å². The van der Waals surface area contributed by atoms with Gasteiger partial charge >= 0.3 is 0 Å². The summed E-state index contributed by atoms with van der Waals surface area (Å²) in [6, 6.07) is 14.8. The molecule has 3 nitrogen and oxygen atoms in total. The topological polar surface area (TPSA) is 38.3 Å². The highest BCUT2D eigenvalue weighted by Crippen LogP contribution is 2.39. The lowest BCUT2D eigenvalue weighted by Crippen LogP contribution is -2.41. The third-order valence-corrected chi connectivity index (χ3v) is 4.13. The summed E-state index contributed by atoms with van der Waals surface area (Å²) in [4.78, 5) is 12.5. The number of amides is 1. The minimum atomic E-state index is -0.327. The van der Waals surface area contributed by atoms with Crippen molar-refractivity contribution < 1.29 is 9.53 Å². The van der Waals surface area contributed by atoms with Gasteiger partial charge in [-0.2, -0.15) is 0 Å². The van der Waals surface area contributed by atoms with Crippen molar-refractivity contribution in [3.05, 3.63) is 64.7 Å². The van der Waals surface area contributed by atoms with E-state index in [-0.39, 0.29) is 17.6 Å². The minimum Gasteiger partial charge on any atom is -0.487 e. The maximum Gasteiger partial charge on any atom is 0.253 e. The van der Waals surface area contributed by atoms with Crippen molar-refractivity contribution in [2.45, 2.75) is 31.9 Å². The molecule has 1 N–H and O–H groups in total. The zero-order valence-corrected chi connectivity index (χ0v) is 13.4. The summed E-state index contributed by atoms with van der Waals surface area (Å²) in [6.45, 7) is 4.05. The quantitative estimate of drug-likeness (QED) is 0.893. The summed E-state index contributed by atoms with van der Waals surface area (Å²) in [6.07, 6.45) is 0.709. The first-order chi connectivity index (χ1) is 10.5. The summed E-state index contributed by atoms with van der Waals surface area (Å²) >= 11 is 6.11. The van der Waals surface area contributed by atoms with E-state index in [1.54, 1.807) is 12.1 Å². The Morgan fingerprint density at radius 2 is 1.86 bits per heavy atom. The van der Waals surface area contributed by atoms with E-state index in [1.165, 1.54) is 0 Å². The first-order valence-corrected chi connectivity index (χ1v) is 7.67. The van der Waals surface area contributed by atoms with E-state index in [4.69, 9.17) is 16.3 Å². The van der Waals surface area contributed by atoms with Gasteiger partial charge < -0.3 is 10.1 Å². The van der Waals surface area contributed by atoms with Crippen molar-refractivity contribution in [1.29, 1.82) is 0 Å². The Morgan fingerprint density at radius 1 is 1.18 bits per heavy atom. The highest BCUT2D eigenvalue weighted by molar-refractivity contribution is 6.33. The molecule has 22 heavy (non-hydrogen) atoms. The van der Waals surface area contributed by atoms with Crippen LogP contribution in [0, 0.1) is 0 Å². The number of para-hydroxylation sites is 1. The van der Waals surface area contributed by atoms with Crippen LogP contribution in [-0.2, 0) is 0 Å². The normalized spacial score (nSPS) is 19.0. The first kappa shape index (κ1) is 14.9. The number of benzene rings is 2. The molecule has 0 radical (unpaired) electrons. The van der Waals surface area contributed by atoms with Gasteiger partial charge in [-0.15, -0.1) is 0 Å². The third kappa shape index (κ3) is 2.95. The summed E-state index contributed by atoms with van der Waals surface area (Å²) in [5, 5.41) is 3.54. The number of hydrogen-bond acceptors (Lipinski definition) is 2. The Bertz CT molecular complexity index is 712. The molecular weight excluding hydrogens is 298 g/mol. The third-order valence-electron chi connectivity index (χ3n) is 3.80. The Kier molecular flexibility index (Phi) is 3.83. The first-order valence-electron chi connectivity index (χ1n) is 7.30. The van der Waals surface area contributed by atoms with Gasteiger partial charge in [-0.05, 0) is 32.0 Å². The van der Waals surface area contributed by atoms with Crippen LogP contribution in [0.5, 0.6) is 5.75 Å². The second-order valence-corrected chi connectivity index (χ2v) is 6.52. The largest absolute Gasteiger partial charge is 0.487 e. The average molecular weight is 316 g/mol. The number of halogens is 1. The summed E-state index contributed by atoms with van der Waals surface area (Å²) in [5.41, 5.74) is 1.17. The lowest BCUT2D eigenvalue weighted by molar-refractivity contribution is 0.0620. The molecule has 1 heterocycles. The van der Waals surface area contributed by atoms with E-state index in [0.29, 0.717) is 17.0 Å². The van der Waals surface area contributed by atoms with Crippen LogP contribution in [0.4, 0.5) is 0 Å². The van der Waals surface area contributed by atoms with Crippen molar-refractivity contribution in [3.8, 4) is 5.75 Å². The molecule has 1 amide bonds. The Morgan fingerprint density at radius 3 is 2.64 bits per heavy atom. The molecule has 0 fully saturated rings. The van der Waals surface area contributed by atoms with Gasteiger partial charge in [0.05, 0.1) is 16.6 Å². The van der Waals surface area contributed by atoms with Crippen molar-refractivity contribution in [2.24, 2.45) is 0 Å². The van der Waals surface area contributed by atoms with Crippen LogP contribution in [0.15, 0.2) is 48.5 Å². The molecule has 1 aliphatic rings. The van der Waals surface area contributed by atoms with Crippen molar-refractivity contribution in [2.75, 3.05) is 0 Å². The van der Waals surface area contributed by atoms with Gasteiger partial charge in [0.1, 0.15) is 11.4 Å². The van der Waals surface area contributed by atoms with Crippen LogP contribution in [0.3, 0.4) is 0 Å². The molecule has 4 heteroatoms. The van der Waals surface area contributed by atoms with E-state index in [9.17, 15) is 4.79 Å². The van der Waals surface area contributed by atoms with E-state index in [1.807, 2.05) is 50.2 Å². The standard InChI is InChI=1S/C18H18ClNO2/c1-18(2)11-15(13-8-4-6-10-16(13)22-18)20-17(21)12-7-3-5-9-14(12)19/h3-10,15H,11H2,1-2H3,(H,20,21)/t15-/m0/s1. The van der Waals surface area contributed by atoms with Crippen LogP contribution in [0.2, 0.25) is 5.02 Å². The van der Waals surface area contributed by atoms with Gasteiger partial charge in [-0.1, -0.05) is 41.9 Å². The van der Waals surface area contributed by atoms with E-state index < -0.39 is 0 Å². The fourth-order valence-corrected chi connectivity index (χ4v) is 3.03. The zero-order chi connectivity index (χ0) is 15.7. The molecule has 2 aromatic rings. The van der Waals surface area contributed by atoms with Gasteiger partial charge in [0.25, 0.3) is 5.91 Å². The van der Waals surface area contributed by atoms with Crippen LogP contribution in [-0.4, -0.2) is 11.5 Å². The number of rotatable bonds is 2. The van der Waals surface area contributed by atoms with Crippen LogP contribution in [0.1, 0.15) is 42.2 Å². The highest BCUT2D eigenvalue weighted by atomic mass is 35.5. The lowest BCUT2D eigenvalue weighted by Gasteiger charge is -2.37. The van der Waals surface area contributed by atoms with Gasteiger partial charge in [0, 0.05) is 12.0 Å². The van der Waals surface area contributed by atoms with E-state index in [2.05, 4.69) is 5.32 Å². The molecule has 0 saturated heterocycles. The second kappa shape index (κ2) is 5.65. The molecule has 0 bridgehead atoms. The summed E-state index contributed by atoms with van der Waals surface area (Å²) in [5.74, 6) is 0.659. The molecule has 114 valence electrons. The number of carbonyl (C=O) groups is 1. The molecule has 0 unspecified atom stereocenters. The fourth-order valence-electron chi connectivity index (χ4n) is 2.81. The van der Waals surface area contributed by atoms with Crippen LogP contribution >= 0.6 is 11.6 Å². The Hall–Kier alpha value is -2.00. The average Bonchev–Trinajstić information content (AvgIpc) is 2.46. The lowest BCUT2D eigenvalue weighted by atomic mass is 9.89. The van der Waals surface area contributed by atoms with E-state index in [0.717, 1.165) is 11.3 Å². The molecule has 2 aromatic carbocycles. The number of hydrogen-bond donors (Lipinski definition) is 1. The number of carbonyl (C=O) groups excluding carboxylic acids is 1. The fraction of sp³-hybridized carbons (Fsp3) is 0.278. The second-order valence-electron chi connectivity index (χ2n) is 6.11. The summed E-state index contributed by atoms with van der Waals surface area (Å²) in [7, 11) is 0. The molecule has 3 rings (SSSR count). The van der Waals surface area contributed by atoms with Crippen molar-refractivity contribution >= 4 is 17.5 Å².